The first-order chi connectivity index (χ1) is 7.63. The molecule has 0 bridgehead atoms. The van der Waals surface area contributed by atoms with Gasteiger partial charge >= 0.3 is 6.03 Å². The van der Waals surface area contributed by atoms with Crippen molar-refractivity contribution < 1.29 is 4.79 Å². The molecule has 1 fully saturated rings. The van der Waals surface area contributed by atoms with Crippen molar-refractivity contribution in [2.24, 2.45) is 5.73 Å². The number of carbonyl (C=O) groups is 1. The molecule has 0 aliphatic carbocycles. The van der Waals surface area contributed by atoms with Crippen molar-refractivity contribution in [3.05, 3.63) is 0 Å². The molecule has 4 nitrogen and oxygen atoms in total. The first-order valence-electron chi connectivity index (χ1n) is 5.93. The van der Waals surface area contributed by atoms with Crippen LogP contribution in [0, 0.1) is 0 Å². The smallest absolute Gasteiger partial charge is 0.314 e. The van der Waals surface area contributed by atoms with Gasteiger partial charge in [-0.3, -0.25) is 0 Å². The number of urea groups is 1. The predicted molar refractivity (Wildman–Crippen MR) is 69.8 cm³/mol. The Bertz CT molecular complexity index is 217. The summed E-state index contributed by atoms with van der Waals surface area (Å²) < 4.78 is 0. The second-order valence-electron chi connectivity index (χ2n) is 4.45. The maximum Gasteiger partial charge on any atom is 0.314 e. The van der Waals surface area contributed by atoms with Crippen LogP contribution in [0.4, 0.5) is 4.79 Å². The first-order valence-corrected chi connectivity index (χ1v) is 7.32. The molecule has 1 aliphatic heterocycles. The van der Waals surface area contributed by atoms with E-state index in [0.717, 1.165) is 25.9 Å². The standard InChI is InChI=1S/C11H23N3OS/c1-9(5-8-16-2)13-10-3-6-14(7-4-10)11(12)15/h9-10,13H,3-8H2,1-2H3,(H2,12,15). The molecule has 94 valence electrons. The fourth-order valence-corrected chi connectivity index (χ4v) is 2.64. The fourth-order valence-electron chi connectivity index (χ4n) is 2.05. The highest BCUT2D eigenvalue weighted by Crippen LogP contribution is 2.11. The lowest BCUT2D eigenvalue weighted by atomic mass is 10.0. The fraction of sp³-hybridized carbons (Fsp3) is 0.909. The third kappa shape index (κ3) is 4.61. The van der Waals surface area contributed by atoms with E-state index >= 15 is 0 Å². The number of hydrogen-bond acceptors (Lipinski definition) is 3. The van der Waals surface area contributed by atoms with Gasteiger partial charge in [0.1, 0.15) is 0 Å². The molecule has 5 heteroatoms. The summed E-state index contributed by atoms with van der Waals surface area (Å²) in [6, 6.07) is 0.832. The van der Waals surface area contributed by atoms with Crippen LogP contribution in [0.15, 0.2) is 0 Å². The van der Waals surface area contributed by atoms with Gasteiger partial charge in [-0.05, 0) is 38.2 Å². The minimum atomic E-state index is -0.283. The molecule has 1 unspecified atom stereocenters. The molecule has 1 atom stereocenters. The lowest BCUT2D eigenvalue weighted by molar-refractivity contribution is 0.182. The highest BCUT2D eigenvalue weighted by atomic mass is 32.2. The van der Waals surface area contributed by atoms with Crippen LogP contribution in [-0.4, -0.2) is 48.1 Å². The Morgan fingerprint density at radius 3 is 2.69 bits per heavy atom. The van der Waals surface area contributed by atoms with E-state index in [1.807, 2.05) is 11.8 Å². The maximum atomic E-state index is 10.9. The summed E-state index contributed by atoms with van der Waals surface area (Å²) in [6.45, 7) is 3.82. The summed E-state index contributed by atoms with van der Waals surface area (Å²) >= 11 is 1.89. The van der Waals surface area contributed by atoms with Crippen molar-refractivity contribution in [3.63, 3.8) is 0 Å². The van der Waals surface area contributed by atoms with E-state index in [1.54, 1.807) is 4.90 Å². The zero-order valence-electron chi connectivity index (χ0n) is 10.2. The van der Waals surface area contributed by atoms with Crippen molar-refractivity contribution in [1.29, 1.82) is 0 Å². The summed E-state index contributed by atoms with van der Waals surface area (Å²) in [5, 5.41) is 3.62. The topological polar surface area (TPSA) is 58.4 Å². The normalized spacial score (nSPS) is 19.8. The van der Waals surface area contributed by atoms with Crippen molar-refractivity contribution in [2.75, 3.05) is 25.1 Å². The molecule has 2 amide bonds. The zero-order valence-corrected chi connectivity index (χ0v) is 11.1. The Labute approximate surface area is 102 Å². The van der Waals surface area contributed by atoms with Crippen molar-refractivity contribution in [3.8, 4) is 0 Å². The van der Waals surface area contributed by atoms with Gasteiger partial charge in [0.25, 0.3) is 0 Å². The number of thioether (sulfide) groups is 1. The summed E-state index contributed by atoms with van der Waals surface area (Å²) in [5.74, 6) is 1.20. The molecule has 0 saturated carbocycles. The van der Waals surface area contributed by atoms with Gasteiger partial charge in [-0.15, -0.1) is 0 Å². The zero-order chi connectivity index (χ0) is 12.0. The van der Waals surface area contributed by atoms with Gasteiger partial charge in [-0.1, -0.05) is 0 Å². The highest BCUT2D eigenvalue weighted by molar-refractivity contribution is 7.98. The molecule has 0 aromatic heterocycles. The molecule has 16 heavy (non-hydrogen) atoms. The minimum Gasteiger partial charge on any atom is -0.351 e. The van der Waals surface area contributed by atoms with Gasteiger partial charge in [0.2, 0.25) is 0 Å². The molecule has 1 rings (SSSR count). The predicted octanol–water partition coefficient (Wildman–Crippen LogP) is 1.26. The van der Waals surface area contributed by atoms with E-state index in [4.69, 9.17) is 5.73 Å². The molecule has 1 aliphatic rings. The van der Waals surface area contributed by atoms with Crippen LogP contribution in [0.2, 0.25) is 0 Å². The van der Waals surface area contributed by atoms with E-state index < -0.39 is 0 Å². The van der Waals surface area contributed by atoms with Crippen LogP contribution in [0.3, 0.4) is 0 Å². The molecule has 0 radical (unpaired) electrons. The van der Waals surface area contributed by atoms with Crippen LogP contribution in [0.1, 0.15) is 26.2 Å². The van der Waals surface area contributed by atoms with Gasteiger partial charge in [-0.2, -0.15) is 11.8 Å². The van der Waals surface area contributed by atoms with E-state index in [1.165, 1.54) is 12.2 Å². The van der Waals surface area contributed by atoms with E-state index in [2.05, 4.69) is 18.5 Å². The van der Waals surface area contributed by atoms with Gasteiger partial charge in [0.05, 0.1) is 0 Å². The van der Waals surface area contributed by atoms with Gasteiger partial charge < -0.3 is 16.0 Å². The second kappa shape index (κ2) is 7.01. The monoisotopic (exact) mass is 245 g/mol. The number of likely N-dealkylation sites (tertiary alicyclic amines) is 1. The number of hydrogen-bond donors (Lipinski definition) is 2. The largest absolute Gasteiger partial charge is 0.351 e. The number of nitrogens with zero attached hydrogens (tertiary/aromatic N) is 1. The van der Waals surface area contributed by atoms with Gasteiger partial charge in [-0.25, -0.2) is 4.79 Å². The highest BCUT2D eigenvalue weighted by Gasteiger charge is 2.21. The van der Waals surface area contributed by atoms with Crippen LogP contribution in [-0.2, 0) is 0 Å². The third-order valence-corrected chi connectivity index (χ3v) is 3.73. The summed E-state index contributed by atoms with van der Waals surface area (Å²) in [4.78, 5) is 12.7. The summed E-state index contributed by atoms with van der Waals surface area (Å²) in [7, 11) is 0. The number of carbonyl (C=O) groups excluding carboxylic acids is 1. The van der Waals surface area contributed by atoms with Crippen molar-refractivity contribution >= 4 is 17.8 Å². The van der Waals surface area contributed by atoms with E-state index in [0.29, 0.717) is 12.1 Å². The second-order valence-corrected chi connectivity index (χ2v) is 5.43. The number of primary amides is 1. The number of nitrogens with two attached hydrogens (primary N) is 1. The van der Waals surface area contributed by atoms with E-state index in [-0.39, 0.29) is 6.03 Å². The van der Waals surface area contributed by atoms with E-state index in [9.17, 15) is 4.79 Å². The SMILES string of the molecule is CSCCC(C)NC1CCN(C(N)=O)CC1. The average molecular weight is 245 g/mol. The van der Waals surface area contributed by atoms with Crippen LogP contribution in [0.5, 0.6) is 0 Å². The molecule has 3 N–H and O–H groups in total. The van der Waals surface area contributed by atoms with Crippen molar-refractivity contribution in [2.45, 2.75) is 38.3 Å². The maximum absolute atomic E-state index is 10.9. The van der Waals surface area contributed by atoms with Crippen LogP contribution >= 0.6 is 11.8 Å². The number of piperidine rings is 1. The van der Waals surface area contributed by atoms with Gasteiger partial charge in [0, 0.05) is 25.2 Å². The van der Waals surface area contributed by atoms with Crippen LogP contribution in [0.25, 0.3) is 0 Å². The first kappa shape index (κ1) is 13.6. The van der Waals surface area contributed by atoms with Crippen LogP contribution < -0.4 is 11.1 Å². The summed E-state index contributed by atoms with van der Waals surface area (Å²) in [5.41, 5.74) is 5.24. The van der Waals surface area contributed by atoms with Crippen molar-refractivity contribution in [1.82, 2.24) is 10.2 Å². The molecule has 1 heterocycles. The molecule has 1 saturated heterocycles. The number of amides is 2. The van der Waals surface area contributed by atoms with Gasteiger partial charge in [0.15, 0.2) is 0 Å². The lowest BCUT2D eigenvalue weighted by Crippen LogP contribution is -2.48. The summed E-state index contributed by atoms with van der Waals surface area (Å²) in [6.07, 6.45) is 5.38. The Kier molecular flexibility index (Phi) is 5.98. The molecular weight excluding hydrogens is 222 g/mol. The Morgan fingerprint density at radius 2 is 2.19 bits per heavy atom. The quantitative estimate of drug-likeness (QED) is 0.766. The lowest BCUT2D eigenvalue weighted by Gasteiger charge is -2.33. The molecule has 0 aromatic rings. The molecular formula is C11H23N3OS. The minimum absolute atomic E-state index is 0.283. The Morgan fingerprint density at radius 1 is 1.56 bits per heavy atom. The average Bonchev–Trinajstić information content (AvgIpc) is 2.27. The Balaban J connectivity index is 2.18. The molecule has 0 aromatic carbocycles. The number of rotatable bonds is 5. The Hall–Kier alpha value is -0.420. The third-order valence-electron chi connectivity index (χ3n) is 3.08. The molecule has 0 spiro atoms. The number of nitrogens with one attached hydrogen (secondary N) is 1.